The van der Waals surface area contributed by atoms with Gasteiger partial charge in [0.05, 0.1) is 18.8 Å². The summed E-state index contributed by atoms with van der Waals surface area (Å²) in [7, 11) is 0. The van der Waals surface area contributed by atoms with E-state index in [4.69, 9.17) is 14.2 Å². The van der Waals surface area contributed by atoms with Crippen molar-refractivity contribution in [3.8, 4) is 0 Å². The number of aliphatic hydroxyl groups excluding tert-OH is 1. The molecule has 35 heavy (non-hydrogen) atoms. The zero-order valence-corrected chi connectivity index (χ0v) is 20.9. The average molecular weight is 514 g/mol. The van der Waals surface area contributed by atoms with Crippen LogP contribution in [0, 0.1) is 6.92 Å². The Balaban J connectivity index is 1.47. The van der Waals surface area contributed by atoms with Crippen LogP contribution in [0.4, 0.5) is 10.5 Å². The molecule has 10 heteroatoms. The van der Waals surface area contributed by atoms with Gasteiger partial charge >= 0.3 is 6.09 Å². The summed E-state index contributed by atoms with van der Waals surface area (Å²) in [5, 5.41) is 21.3. The van der Waals surface area contributed by atoms with Crippen LogP contribution in [0.3, 0.4) is 0 Å². The number of carbonyl (C=O) groups excluding carboxylic acids is 1. The van der Waals surface area contributed by atoms with E-state index in [1.54, 1.807) is 35.2 Å². The summed E-state index contributed by atoms with van der Waals surface area (Å²) in [6, 6.07) is 15.1. The van der Waals surface area contributed by atoms with Crippen LogP contribution in [0.1, 0.15) is 40.5 Å². The fraction of sp³-hybridized carbons (Fsp3) is 0.320. The lowest BCUT2D eigenvalue weighted by Crippen LogP contribution is -2.31. The van der Waals surface area contributed by atoms with E-state index in [-0.39, 0.29) is 25.4 Å². The Bertz CT molecular complexity index is 1120. The highest BCUT2D eigenvalue weighted by Crippen LogP contribution is 2.39. The molecule has 3 aromatic rings. The van der Waals surface area contributed by atoms with Crippen LogP contribution in [0.15, 0.2) is 65.5 Å². The summed E-state index contributed by atoms with van der Waals surface area (Å²) >= 11 is 3.19. The first-order valence-electron chi connectivity index (χ1n) is 11.1. The van der Waals surface area contributed by atoms with Crippen molar-refractivity contribution in [2.75, 3.05) is 17.7 Å². The molecule has 0 bridgehead atoms. The van der Waals surface area contributed by atoms with Crippen molar-refractivity contribution in [3.63, 3.8) is 0 Å². The van der Waals surface area contributed by atoms with Crippen LogP contribution in [-0.4, -0.2) is 39.9 Å². The number of ether oxygens (including phenoxy) is 3. The van der Waals surface area contributed by atoms with Gasteiger partial charge in [-0.05, 0) is 30.2 Å². The lowest BCUT2D eigenvalue weighted by molar-refractivity contribution is -0.245. The van der Waals surface area contributed by atoms with Gasteiger partial charge < -0.3 is 19.3 Å². The van der Waals surface area contributed by atoms with Crippen LogP contribution in [-0.2, 0) is 20.8 Å². The fourth-order valence-corrected chi connectivity index (χ4v) is 5.40. The van der Waals surface area contributed by atoms with Gasteiger partial charge in [-0.25, -0.2) is 4.79 Å². The Hall–Kier alpha value is -2.76. The van der Waals surface area contributed by atoms with E-state index in [1.807, 2.05) is 43.3 Å². The minimum absolute atomic E-state index is 0.000409. The number of nitrogens with one attached hydrogen (secondary N) is 1. The van der Waals surface area contributed by atoms with Gasteiger partial charge in [0.2, 0.25) is 0 Å². The molecule has 0 radical (unpaired) electrons. The summed E-state index contributed by atoms with van der Waals surface area (Å²) in [6.07, 6.45) is 0.837. The van der Waals surface area contributed by atoms with Gasteiger partial charge in [-0.3, -0.25) is 5.32 Å². The maximum absolute atomic E-state index is 11.8. The van der Waals surface area contributed by atoms with E-state index in [0.29, 0.717) is 17.9 Å². The van der Waals surface area contributed by atoms with E-state index < -0.39 is 12.4 Å². The molecular weight excluding hydrogens is 486 g/mol. The zero-order chi connectivity index (χ0) is 24.6. The summed E-state index contributed by atoms with van der Waals surface area (Å²) in [4.78, 5) is 11.8. The first-order chi connectivity index (χ1) is 17.0. The number of carbonyl (C=O) groups is 1. The maximum Gasteiger partial charge on any atom is 0.411 e. The molecule has 0 aliphatic carbocycles. The Labute approximate surface area is 212 Å². The molecule has 1 aliphatic rings. The van der Waals surface area contributed by atoms with Gasteiger partial charge in [-0.15, -0.1) is 10.2 Å². The Morgan fingerprint density at radius 1 is 1.20 bits per heavy atom. The van der Waals surface area contributed by atoms with Crippen LogP contribution < -0.4 is 5.32 Å². The molecule has 4 rings (SSSR count). The molecule has 2 heterocycles. The highest BCUT2D eigenvalue weighted by molar-refractivity contribution is 8.01. The van der Waals surface area contributed by atoms with Crippen molar-refractivity contribution in [1.82, 2.24) is 10.2 Å². The molecule has 3 atom stereocenters. The van der Waals surface area contributed by atoms with Crippen LogP contribution in [0.5, 0.6) is 0 Å². The van der Waals surface area contributed by atoms with E-state index in [9.17, 15) is 9.90 Å². The van der Waals surface area contributed by atoms with Gasteiger partial charge in [0.25, 0.3) is 0 Å². The van der Waals surface area contributed by atoms with E-state index in [1.165, 1.54) is 6.08 Å². The molecule has 184 valence electrons. The largest absolute Gasteiger partial charge is 0.445 e. The second-order valence-corrected chi connectivity index (χ2v) is 10.3. The fourth-order valence-electron chi connectivity index (χ4n) is 3.54. The highest BCUT2D eigenvalue weighted by Gasteiger charge is 2.32. The summed E-state index contributed by atoms with van der Waals surface area (Å²) in [5.74, 6) is 0.717. The molecular formula is C25H27N3O5S2. The molecule has 1 aromatic heterocycles. The second kappa shape index (κ2) is 12.3. The smallest absolute Gasteiger partial charge is 0.411 e. The average Bonchev–Trinajstić information content (AvgIpc) is 3.31. The molecule has 1 saturated heterocycles. The first-order valence-corrected chi connectivity index (χ1v) is 12.9. The minimum atomic E-state index is -0.574. The highest BCUT2D eigenvalue weighted by atomic mass is 32.2. The second-order valence-electron chi connectivity index (χ2n) is 7.88. The molecule has 0 unspecified atom stereocenters. The van der Waals surface area contributed by atoms with Crippen molar-refractivity contribution >= 4 is 34.9 Å². The van der Waals surface area contributed by atoms with Crippen molar-refractivity contribution in [1.29, 1.82) is 0 Å². The third kappa shape index (κ3) is 7.12. The van der Waals surface area contributed by atoms with Crippen molar-refractivity contribution in [2.24, 2.45) is 0 Å². The zero-order valence-electron chi connectivity index (χ0n) is 19.3. The van der Waals surface area contributed by atoms with Crippen LogP contribution in [0.2, 0.25) is 0 Å². The monoisotopic (exact) mass is 513 g/mol. The molecule has 1 fully saturated rings. The van der Waals surface area contributed by atoms with Gasteiger partial charge in [-0.1, -0.05) is 72.2 Å². The Morgan fingerprint density at radius 3 is 2.60 bits per heavy atom. The topological polar surface area (TPSA) is 103 Å². The molecule has 1 amide bonds. The van der Waals surface area contributed by atoms with Gasteiger partial charge in [0.15, 0.2) is 10.6 Å². The van der Waals surface area contributed by atoms with E-state index in [0.717, 1.165) is 26.0 Å². The molecule has 0 spiro atoms. The number of hydrogen-bond acceptors (Lipinski definition) is 9. The quantitative estimate of drug-likeness (QED) is 0.289. The standard InChI is InChI=1S/C25H27N3O5S2/c1-3-12-31-24(30)26-20-10-8-19(9-11-20)23-32-21(15-34-25-28-27-16(2)35-25)13-22(33-23)18-6-4-17(14-29)5-7-18/h3-11,21-23,29H,1,12-15H2,2H3,(H,26,30)/t21-,22+,23+/m1/s1. The van der Waals surface area contributed by atoms with E-state index >= 15 is 0 Å². The van der Waals surface area contributed by atoms with Crippen molar-refractivity contribution in [2.45, 2.75) is 42.8 Å². The number of aliphatic hydroxyl groups is 1. The van der Waals surface area contributed by atoms with E-state index in [2.05, 4.69) is 22.1 Å². The maximum atomic E-state index is 11.8. The summed E-state index contributed by atoms with van der Waals surface area (Å²) in [6.45, 7) is 5.61. The predicted molar refractivity (Wildman–Crippen MR) is 135 cm³/mol. The molecule has 8 nitrogen and oxygen atoms in total. The summed E-state index contributed by atoms with van der Waals surface area (Å²) in [5.41, 5.74) is 3.33. The third-order valence-corrected chi connectivity index (χ3v) is 7.38. The van der Waals surface area contributed by atoms with Crippen molar-refractivity contribution in [3.05, 3.63) is 82.9 Å². The summed E-state index contributed by atoms with van der Waals surface area (Å²) < 4.78 is 18.5. The number of amides is 1. The van der Waals surface area contributed by atoms with Gasteiger partial charge in [0, 0.05) is 23.4 Å². The van der Waals surface area contributed by atoms with Crippen LogP contribution >= 0.6 is 23.1 Å². The lowest BCUT2D eigenvalue weighted by atomic mass is 10.0. The minimum Gasteiger partial charge on any atom is -0.445 e. The number of anilines is 1. The number of rotatable bonds is 9. The molecule has 0 saturated carbocycles. The van der Waals surface area contributed by atoms with Crippen molar-refractivity contribution < 1.29 is 24.1 Å². The third-order valence-electron chi connectivity index (χ3n) is 5.28. The Morgan fingerprint density at radius 2 is 1.94 bits per heavy atom. The number of thioether (sulfide) groups is 1. The predicted octanol–water partition coefficient (Wildman–Crippen LogP) is 5.41. The molecule has 2 N–H and O–H groups in total. The number of aryl methyl sites for hydroxylation is 1. The molecule has 2 aromatic carbocycles. The first kappa shape index (κ1) is 25.3. The number of benzene rings is 2. The SMILES string of the molecule is C=CCOC(=O)Nc1ccc([C@H]2O[C@@H](CSc3nnc(C)s3)C[C@@H](c3ccc(CO)cc3)O2)cc1. The molecule has 1 aliphatic heterocycles. The normalized spacial score (nSPS) is 19.8. The van der Waals surface area contributed by atoms with Gasteiger partial charge in [0.1, 0.15) is 11.6 Å². The van der Waals surface area contributed by atoms with Gasteiger partial charge in [-0.2, -0.15) is 0 Å². The number of hydrogen-bond donors (Lipinski definition) is 2. The number of nitrogens with zero attached hydrogens (tertiary/aromatic N) is 2. The Kier molecular flexibility index (Phi) is 8.89. The number of aromatic nitrogens is 2. The lowest BCUT2D eigenvalue weighted by Gasteiger charge is -2.36. The van der Waals surface area contributed by atoms with Crippen LogP contribution in [0.25, 0.3) is 0 Å².